The molecule has 1 aliphatic heterocycles. The Morgan fingerprint density at radius 1 is 1.33 bits per heavy atom. The molecule has 3 nitrogen and oxygen atoms in total. The van der Waals surface area contributed by atoms with E-state index in [-0.39, 0.29) is 6.04 Å². The lowest BCUT2D eigenvalue weighted by atomic mass is 9.98. The topological polar surface area (TPSA) is 48.1 Å². The molecule has 0 fully saturated rings. The molecule has 0 bridgehead atoms. The summed E-state index contributed by atoms with van der Waals surface area (Å²) in [5.74, 6) is 0.956. The Morgan fingerprint density at radius 2 is 2.27 bits per heavy atom. The van der Waals surface area contributed by atoms with Gasteiger partial charge in [0.2, 0.25) is 0 Å². The van der Waals surface area contributed by atoms with Gasteiger partial charge >= 0.3 is 0 Å². The van der Waals surface area contributed by atoms with E-state index in [9.17, 15) is 0 Å². The van der Waals surface area contributed by atoms with Crippen molar-refractivity contribution in [3.05, 3.63) is 36.0 Å². The number of rotatable bonds is 0. The average molecular weight is 200 g/mol. The van der Waals surface area contributed by atoms with Crippen LogP contribution in [0.15, 0.2) is 30.5 Å². The van der Waals surface area contributed by atoms with Crippen molar-refractivity contribution in [1.82, 2.24) is 4.98 Å². The predicted molar refractivity (Wildman–Crippen MR) is 58.9 cm³/mol. The van der Waals surface area contributed by atoms with E-state index < -0.39 is 0 Å². The maximum atomic E-state index is 5.90. The zero-order valence-electron chi connectivity index (χ0n) is 8.31. The summed E-state index contributed by atoms with van der Waals surface area (Å²) in [6.07, 6.45) is 2.68. The lowest BCUT2D eigenvalue weighted by Crippen LogP contribution is -2.33. The van der Waals surface area contributed by atoms with Crippen molar-refractivity contribution in [2.75, 3.05) is 6.61 Å². The summed E-state index contributed by atoms with van der Waals surface area (Å²) < 4.78 is 5.59. The molecule has 0 radical (unpaired) electrons. The van der Waals surface area contributed by atoms with E-state index in [0.717, 1.165) is 23.1 Å². The first-order valence-electron chi connectivity index (χ1n) is 5.09. The van der Waals surface area contributed by atoms with Gasteiger partial charge in [0.05, 0.1) is 5.52 Å². The Bertz CT molecular complexity index is 510. The minimum absolute atomic E-state index is 0.100. The fourth-order valence-corrected chi connectivity index (χ4v) is 2.06. The second kappa shape index (κ2) is 3.21. The number of nitrogens with zero attached hydrogens (tertiary/aromatic N) is 1. The number of ether oxygens (including phenoxy) is 1. The number of nitrogens with two attached hydrogens (primary N) is 1. The molecule has 1 aromatic carbocycles. The van der Waals surface area contributed by atoms with Gasteiger partial charge in [0.25, 0.3) is 0 Å². The zero-order chi connectivity index (χ0) is 10.3. The maximum absolute atomic E-state index is 5.90. The Morgan fingerprint density at radius 3 is 3.20 bits per heavy atom. The van der Waals surface area contributed by atoms with Crippen LogP contribution in [0.2, 0.25) is 0 Å². The van der Waals surface area contributed by atoms with Crippen LogP contribution in [0.5, 0.6) is 5.75 Å². The normalized spacial score (nSPS) is 19.7. The quantitative estimate of drug-likeness (QED) is 0.701. The largest absolute Gasteiger partial charge is 0.492 e. The molecule has 2 heterocycles. The SMILES string of the molecule is NC1COc2ccc3ncccc3c2C1. The van der Waals surface area contributed by atoms with Crippen LogP contribution in [0.3, 0.4) is 0 Å². The van der Waals surface area contributed by atoms with Crippen LogP contribution >= 0.6 is 0 Å². The van der Waals surface area contributed by atoms with Crippen LogP contribution in [-0.4, -0.2) is 17.6 Å². The Kier molecular flexibility index (Phi) is 1.86. The van der Waals surface area contributed by atoms with Crippen LogP contribution in [0.1, 0.15) is 5.56 Å². The molecular weight excluding hydrogens is 188 g/mol. The number of fused-ring (bicyclic) bond motifs is 3. The molecule has 1 aromatic heterocycles. The highest BCUT2D eigenvalue weighted by Gasteiger charge is 2.18. The van der Waals surface area contributed by atoms with E-state index in [4.69, 9.17) is 10.5 Å². The van der Waals surface area contributed by atoms with Crippen molar-refractivity contribution in [2.24, 2.45) is 5.73 Å². The molecule has 0 aliphatic carbocycles. The van der Waals surface area contributed by atoms with E-state index in [2.05, 4.69) is 11.1 Å². The number of hydrogen-bond donors (Lipinski definition) is 1. The molecule has 15 heavy (non-hydrogen) atoms. The third-order valence-corrected chi connectivity index (χ3v) is 2.77. The van der Waals surface area contributed by atoms with Gasteiger partial charge in [-0.1, -0.05) is 6.07 Å². The fraction of sp³-hybridized carbons (Fsp3) is 0.250. The van der Waals surface area contributed by atoms with Gasteiger partial charge in [0.15, 0.2) is 0 Å². The highest BCUT2D eigenvalue weighted by Crippen LogP contribution is 2.30. The number of pyridine rings is 1. The van der Waals surface area contributed by atoms with Gasteiger partial charge in [-0.25, -0.2) is 0 Å². The zero-order valence-corrected chi connectivity index (χ0v) is 8.31. The van der Waals surface area contributed by atoms with Crippen molar-refractivity contribution in [3.63, 3.8) is 0 Å². The van der Waals surface area contributed by atoms with Crippen LogP contribution in [0, 0.1) is 0 Å². The van der Waals surface area contributed by atoms with Crippen LogP contribution in [-0.2, 0) is 6.42 Å². The van der Waals surface area contributed by atoms with Crippen molar-refractivity contribution in [2.45, 2.75) is 12.5 Å². The van der Waals surface area contributed by atoms with Gasteiger partial charge in [-0.15, -0.1) is 0 Å². The van der Waals surface area contributed by atoms with E-state index >= 15 is 0 Å². The van der Waals surface area contributed by atoms with Crippen molar-refractivity contribution < 1.29 is 4.74 Å². The lowest BCUT2D eigenvalue weighted by Gasteiger charge is -2.23. The maximum Gasteiger partial charge on any atom is 0.123 e. The molecule has 0 saturated carbocycles. The molecule has 3 heteroatoms. The summed E-state index contributed by atoms with van der Waals surface area (Å²) in [6, 6.07) is 8.09. The lowest BCUT2D eigenvalue weighted by molar-refractivity contribution is 0.264. The molecule has 1 aliphatic rings. The number of hydrogen-bond acceptors (Lipinski definition) is 3. The standard InChI is InChI=1S/C12H12N2O/c13-8-6-10-9-2-1-5-14-11(9)3-4-12(10)15-7-8/h1-5,8H,6-7,13H2. The van der Waals surface area contributed by atoms with E-state index in [0.29, 0.717) is 6.61 Å². The molecule has 1 atom stereocenters. The first-order chi connectivity index (χ1) is 7.34. The Hall–Kier alpha value is -1.61. The van der Waals surface area contributed by atoms with E-state index in [1.807, 2.05) is 18.2 Å². The first kappa shape index (κ1) is 8.68. The molecule has 3 rings (SSSR count). The van der Waals surface area contributed by atoms with E-state index in [1.165, 1.54) is 5.56 Å². The monoisotopic (exact) mass is 200 g/mol. The second-order valence-electron chi connectivity index (χ2n) is 3.89. The summed E-state index contributed by atoms with van der Waals surface area (Å²) in [6.45, 7) is 0.610. The third kappa shape index (κ3) is 1.36. The molecule has 76 valence electrons. The van der Waals surface area contributed by atoms with Crippen LogP contribution < -0.4 is 10.5 Å². The summed E-state index contributed by atoms with van der Waals surface area (Å²) in [5.41, 5.74) is 8.10. The van der Waals surface area contributed by atoms with Gasteiger partial charge in [-0.05, 0) is 24.6 Å². The fourth-order valence-electron chi connectivity index (χ4n) is 2.06. The van der Waals surface area contributed by atoms with Gasteiger partial charge in [-0.3, -0.25) is 4.98 Å². The average Bonchev–Trinajstić information content (AvgIpc) is 2.29. The highest BCUT2D eigenvalue weighted by atomic mass is 16.5. The highest BCUT2D eigenvalue weighted by molar-refractivity contribution is 5.84. The molecule has 0 amide bonds. The summed E-state index contributed by atoms with van der Waals surface area (Å²) in [5, 5.41) is 1.16. The first-order valence-corrected chi connectivity index (χ1v) is 5.09. The Balaban J connectivity index is 2.28. The van der Waals surface area contributed by atoms with E-state index in [1.54, 1.807) is 6.20 Å². The Labute approximate surface area is 87.9 Å². The second-order valence-corrected chi connectivity index (χ2v) is 3.89. The summed E-state index contributed by atoms with van der Waals surface area (Å²) >= 11 is 0. The third-order valence-electron chi connectivity index (χ3n) is 2.77. The minimum atomic E-state index is 0.100. The minimum Gasteiger partial charge on any atom is -0.492 e. The number of aromatic nitrogens is 1. The predicted octanol–water partition coefficient (Wildman–Crippen LogP) is 1.50. The van der Waals surface area contributed by atoms with Crippen LogP contribution in [0.25, 0.3) is 10.9 Å². The molecule has 0 saturated heterocycles. The smallest absolute Gasteiger partial charge is 0.123 e. The molecule has 0 spiro atoms. The molecule has 2 aromatic rings. The van der Waals surface area contributed by atoms with Crippen molar-refractivity contribution in [3.8, 4) is 5.75 Å². The van der Waals surface area contributed by atoms with Gasteiger partial charge < -0.3 is 10.5 Å². The molecular formula is C12H12N2O. The van der Waals surface area contributed by atoms with Gasteiger partial charge in [0.1, 0.15) is 12.4 Å². The van der Waals surface area contributed by atoms with Crippen LogP contribution in [0.4, 0.5) is 0 Å². The van der Waals surface area contributed by atoms with Crippen molar-refractivity contribution >= 4 is 10.9 Å². The van der Waals surface area contributed by atoms with Gasteiger partial charge in [-0.2, -0.15) is 0 Å². The number of benzene rings is 1. The summed E-state index contributed by atoms with van der Waals surface area (Å²) in [7, 11) is 0. The van der Waals surface area contributed by atoms with Gasteiger partial charge in [0, 0.05) is 23.2 Å². The summed E-state index contributed by atoms with van der Waals surface area (Å²) in [4.78, 5) is 4.32. The molecule has 1 unspecified atom stereocenters. The molecule has 2 N–H and O–H groups in total. The van der Waals surface area contributed by atoms with Crippen molar-refractivity contribution in [1.29, 1.82) is 0 Å².